The topological polar surface area (TPSA) is 47.3 Å². The van der Waals surface area contributed by atoms with Gasteiger partial charge in [-0.05, 0) is 61.1 Å². The van der Waals surface area contributed by atoms with Gasteiger partial charge in [0.15, 0.2) is 0 Å². The van der Waals surface area contributed by atoms with Crippen LogP contribution in [0.1, 0.15) is 43.7 Å². The summed E-state index contributed by atoms with van der Waals surface area (Å²) in [5, 5.41) is 0. The minimum atomic E-state index is 0.273. The van der Waals surface area contributed by atoms with Crippen molar-refractivity contribution in [3.63, 3.8) is 0 Å². The first kappa shape index (κ1) is 12.9. The Morgan fingerprint density at radius 3 is 2.58 bits per heavy atom. The Bertz CT molecular complexity index is 417. The summed E-state index contributed by atoms with van der Waals surface area (Å²) in [6, 6.07) is 8.55. The van der Waals surface area contributed by atoms with Crippen LogP contribution >= 0.6 is 0 Å². The number of benzene rings is 1. The molecule has 3 heteroatoms. The van der Waals surface area contributed by atoms with Crippen LogP contribution in [0.3, 0.4) is 0 Å². The summed E-state index contributed by atoms with van der Waals surface area (Å²) in [6.07, 6.45) is 6.95. The molecule has 0 radical (unpaired) electrons. The van der Waals surface area contributed by atoms with Gasteiger partial charge >= 0.3 is 0 Å². The van der Waals surface area contributed by atoms with E-state index in [-0.39, 0.29) is 6.04 Å². The molecule has 0 aliphatic heterocycles. The van der Waals surface area contributed by atoms with E-state index in [1.54, 1.807) is 7.11 Å². The van der Waals surface area contributed by atoms with Crippen LogP contribution in [0.2, 0.25) is 0 Å². The Morgan fingerprint density at radius 1 is 1.26 bits per heavy atom. The molecule has 3 N–H and O–H groups in total. The molecule has 0 spiro atoms. The first-order chi connectivity index (χ1) is 9.30. The normalized spacial score (nSPS) is 30.5. The Kier molecular flexibility index (Phi) is 3.76. The van der Waals surface area contributed by atoms with Crippen LogP contribution in [0.4, 0.5) is 0 Å². The highest BCUT2D eigenvalue weighted by Crippen LogP contribution is 2.50. The van der Waals surface area contributed by atoms with E-state index in [2.05, 4.69) is 17.6 Å². The molecule has 2 bridgehead atoms. The highest BCUT2D eigenvalue weighted by Gasteiger charge is 2.40. The minimum Gasteiger partial charge on any atom is -0.497 e. The lowest BCUT2D eigenvalue weighted by Crippen LogP contribution is -2.30. The predicted octanol–water partition coefficient (Wildman–Crippen LogP) is 3.03. The number of nitrogens with two attached hydrogens (primary N) is 1. The molecular weight excluding hydrogens is 236 g/mol. The van der Waals surface area contributed by atoms with Crippen LogP contribution in [0.25, 0.3) is 0 Å². The van der Waals surface area contributed by atoms with Gasteiger partial charge in [-0.1, -0.05) is 18.6 Å². The average Bonchev–Trinajstić information content (AvgIpc) is 3.07. The molecule has 2 saturated carbocycles. The summed E-state index contributed by atoms with van der Waals surface area (Å²) in [6.45, 7) is 0. The maximum Gasteiger partial charge on any atom is 0.118 e. The molecule has 2 aliphatic rings. The third kappa shape index (κ3) is 2.63. The van der Waals surface area contributed by atoms with Gasteiger partial charge in [0.25, 0.3) is 0 Å². The lowest BCUT2D eigenvalue weighted by atomic mass is 9.83. The summed E-state index contributed by atoms with van der Waals surface area (Å²) in [4.78, 5) is 0. The van der Waals surface area contributed by atoms with Crippen molar-refractivity contribution in [1.29, 1.82) is 0 Å². The van der Waals surface area contributed by atoms with E-state index >= 15 is 0 Å². The Labute approximate surface area is 115 Å². The summed E-state index contributed by atoms with van der Waals surface area (Å²) < 4.78 is 5.20. The number of hydrogen-bond acceptors (Lipinski definition) is 3. The maximum absolute atomic E-state index is 5.77. The summed E-state index contributed by atoms with van der Waals surface area (Å²) >= 11 is 0. The number of rotatable bonds is 5. The zero-order valence-electron chi connectivity index (χ0n) is 11.6. The van der Waals surface area contributed by atoms with Crippen LogP contribution in [0.15, 0.2) is 24.3 Å². The van der Waals surface area contributed by atoms with Crippen molar-refractivity contribution in [3.8, 4) is 5.75 Å². The number of hydrazine groups is 1. The molecule has 4 unspecified atom stereocenters. The average molecular weight is 260 g/mol. The SMILES string of the molecule is COc1ccc(C(CC2CC3CCC2C3)NN)cc1. The van der Waals surface area contributed by atoms with Crippen LogP contribution in [0, 0.1) is 17.8 Å². The fraction of sp³-hybridized carbons (Fsp3) is 0.625. The fourth-order valence-corrected chi connectivity index (χ4v) is 4.10. The van der Waals surface area contributed by atoms with E-state index in [4.69, 9.17) is 10.6 Å². The van der Waals surface area contributed by atoms with Gasteiger partial charge in [0, 0.05) is 6.04 Å². The molecule has 19 heavy (non-hydrogen) atoms. The van der Waals surface area contributed by atoms with Gasteiger partial charge in [0.2, 0.25) is 0 Å². The number of fused-ring (bicyclic) bond motifs is 2. The lowest BCUT2D eigenvalue weighted by Gasteiger charge is -2.26. The largest absolute Gasteiger partial charge is 0.497 e. The van der Waals surface area contributed by atoms with Gasteiger partial charge in [-0.15, -0.1) is 0 Å². The van der Waals surface area contributed by atoms with E-state index in [0.29, 0.717) is 0 Å². The monoisotopic (exact) mass is 260 g/mol. The molecular formula is C16H24N2O. The van der Waals surface area contributed by atoms with E-state index < -0.39 is 0 Å². The number of nitrogens with one attached hydrogen (secondary N) is 1. The van der Waals surface area contributed by atoms with Gasteiger partial charge in [-0.3, -0.25) is 11.3 Å². The highest BCUT2D eigenvalue weighted by molar-refractivity contribution is 5.29. The third-order valence-electron chi connectivity index (χ3n) is 5.14. The molecule has 104 valence electrons. The fourth-order valence-electron chi connectivity index (χ4n) is 4.10. The van der Waals surface area contributed by atoms with Crippen molar-refractivity contribution in [2.45, 2.75) is 38.1 Å². The van der Waals surface area contributed by atoms with Crippen molar-refractivity contribution in [1.82, 2.24) is 5.43 Å². The quantitative estimate of drug-likeness (QED) is 0.632. The first-order valence-corrected chi connectivity index (χ1v) is 7.40. The highest BCUT2D eigenvalue weighted by atomic mass is 16.5. The molecule has 1 aromatic rings. The van der Waals surface area contributed by atoms with Crippen molar-refractivity contribution >= 4 is 0 Å². The second-order valence-corrected chi connectivity index (χ2v) is 6.16. The molecule has 0 saturated heterocycles. The van der Waals surface area contributed by atoms with Crippen LogP contribution in [-0.2, 0) is 0 Å². The molecule has 4 atom stereocenters. The molecule has 3 nitrogen and oxygen atoms in total. The van der Waals surface area contributed by atoms with Gasteiger partial charge in [-0.25, -0.2) is 0 Å². The zero-order valence-corrected chi connectivity index (χ0v) is 11.6. The van der Waals surface area contributed by atoms with Crippen LogP contribution < -0.4 is 16.0 Å². The molecule has 2 aliphatic carbocycles. The van der Waals surface area contributed by atoms with Crippen molar-refractivity contribution in [3.05, 3.63) is 29.8 Å². The minimum absolute atomic E-state index is 0.273. The molecule has 1 aromatic carbocycles. The van der Waals surface area contributed by atoms with Crippen molar-refractivity contribution < 1.29 is 4.74 Å². The molecule has 0 aromatic heterocycles. The number of ether oxygens (including phenoxy) is 1. The Morgan fingerprint density at radius 2 is 2.05 bits per heavy atom. The molecule has 0 amide bonds. The van der Waals surface area contributed by atoms with Crippen molar-refractivity contribution in [2.75, 3.05) is 7.11 Å². The van der Waals surface area contributed by atoms with Crippen LogP contribution in [-0.4, -0.2) is 7.11 Å². The van der Waals surface area contributed by atoms with Crippen LogP contribution in [0.5, 0.6) is 5.75 Å². The summed E-state index contributed by atoms with van der Waals surface area (Å²) in [7, 11) is 1.70. The second-order valence-electron chi connectivity index (χ2n) is 6.16. The van der Waals surface area contributed by atoms with E-state index in [0.717, 1.165) is 23.5 Å². The predicted molar refractivity (Wildman–Crippen MR) is 76.6 cm³/mol. The number of hydrogen-bond donors (Lipinski definition) is 2. The second kappa shape index (κ2) is 5.51. The van der Waals surface area contributed by atoms with Gasteiger partial charge < -0.3 is 4.74 Å². The first-order valence-electron chi connectivity index (χ1n) is 7.40. The molecule has 2 fully saturated rings. The third-order valence-corrected chi connectivity index (χ3v) is 5.14. The molecule has 3 rings (SSSR count). The van der Waals surface area contributed by atoms with E-state index in [1.165, 1.54) is 37.7 Å². The maximum atomic E-state index is 5.77. The van der Waals surface area contributed by atoms with Gasteiger partial charge in [0.05, 0.1) is 7.11 Å². The van der Waals surface area contributed by atoms with Gasteiger partial charge in [0.1, 0.15) is 5.75 Å². The smallest absolute Gasteiger partial charge is 0.118 e. The van der Waals surface area contributed by atoms with E-state index in [9.17, 15) is 0 Å². The van der Waals surface area contributed by atoms with Crippen molar-refractivity contribution in [2.24, 2.45) is 23.6 Å². The Balaban J connectivity index is 1.66. The van der Waals surface area contributed by atoms with E-state index in [1.807, 2.05) is 12.1 Å². The summed E-state index contributed by atoms with van der Waals surface area (Å²) in [5.41, 5.74) is 4.27. The molecule has 0 heterocycles. The summed E-state index contributed by atoms with van der Waals surface area (Å²) in [5.74, 6) is 9.50. The van der Waals surface area contributed by atoms with Gasteiger partial charge in [-0.2, -0.15) is 0 Å². The standard InChI is InChI=1S/C16H24N2O/c1-19-15-6-4-12(5-7-15)16(18-17)10-14-9-11-2-3-13(14)8-11/h4-7,11,13-14,16,18H,2-3,8-10,17H2,1H3. The Hall–Kier alpha value is -1.06. The zero-order chi connectivity index (χ0) is 13.2. The number of methoxy groups -OCH3 is 1. The lowest BCUT2D eigenvalue weighted by molar-refractivity contribution is 0.280.